The molecule has 0 aliphatic heterocycles. The number of benzene rings is 1. The zero-order valence-electron chi connectivity index (χ0n) is 9.79. The van der Waals surface area contributed by atoms with E-state index in [1.165, 1.54) is 6.07 Å². The molecule has 0 aromatic heterocycles. The molecule has 0 aliphatic rings. The Kier molecular flexibility index (Phi) is 4.87. The number of halogens is 2. The average Bonchev–Trinajstić information content (AvgIpc) is 2.22. The number of nitrogens with two attached hydrogens (primary N) is 1. The maximum absolute atomic E-state index is 13.9. The standard InChI is InChI=1S/C13H19F2N/c1-9(2)11(8-16)13(15)7-10-5-3-4-6-12(10)14/h3-6,9,11,13H,7-8,16H2,1-2H3. The normalized spacial score (nSPS) is 15.1. The van der Waals surface area contributed by atoms with Crippen molar-refractivity contribution in [3.05, 3.63) is 35.6 Å². The summed E-state index contributed by atoms with van der Waals surface area (Å²) in [6.07, 6.45) is -0.978. The Labute approximate surface area is 95.7 Å². The molecule has 1 rings (SSSR count). The van der Waals surface area contributed by atoms with Crippen LogP contribution in [0.25, 0.3) is 0 Å². The van der Waals surface area contributed by atoms with Gasteiger partial charge < -0.3 is 5.73 Å². The van der Waals surface area contributed by atoms with Crippen molar-refractivity contribution in [3.63, 3.8) is 0 Å². The van der Waals surface area contributed by atoms with E-state index in [2.05, 4.69) is 0 Å². The van der Waals surface area contributed by atoms with Gasteiger partial charge in [0.05, 0.1) is 0 Å². The lowest BCUT2D eigenvalue weighted by atomic mass is 9.88. The van der Waals surface area contributed by atoms with E-state index in [1.54, 1.807) is 18.2 Å². The van der Waals surface area contributed by atoms with Crippen LogP contribution in [-0.4, -0.2) is 12.7 Å². The first-order chi connectivity index (χ1) is 7.56. The number of alkyl halides is 1. The van der Waals surface area contributed by atoms with E-state index in [-0.39, 0.29) is 24.1 Å². The number of hydrogen-bond donors (Lipinski definition) is 1. The minimum atomic E-state index is -1.08. The molecule has 2 N–H and O–H groups in total. The maximum Gasteiger partial charge on any atom is 0.126 e. The van der Waals surface area contributed by atoms with Gasteiger partial charge in [-0.25, -0.2) is 8.78 Å². The van der Waals surface area contributed by atoms with Crippen LogP contribution in [0.2, 0.25) is 0 Å². The highest BCUT2D eigenvalue weighted by molar-refractivity contribution is 5.18. The van der Waals surface area contributed by atoms with E-state index in [0.717, 1.165) is 0 Å². The van der Waals surface area contributed by atoms with Crippen molar-refractivity contribution >= 4 is 0 Å². The highest BCUT2D eigenvalue weighted by Gasteiger charge is 2.23. The van der Waals surface area contributed by atoms with E-state index in [0.29, 0.717) is 12.1 Å². The lowest BCUT2D eigenvalue weighted by Gasteiger charge is -2.23. The van der Waals surface area contributed by atoms with Crippen LogP contribution in [0.5, 0.6) is 0 Å². The van der Waals surface area contributed by atoms with Gasteiger partial charge in [-0.05, 0) is 24.1 Å². The summed E-state index contributed by atoms with van der Waals surface area (Å²) >= 11 is 0. The summed E-state index contributed by atoms with van der Waals surface area (Å²) in [5.74, 6) is -0.379. The van der Waals surface area contributed by atoms with Crippen molar-refractivity contribution in [2.24, 2.45) is 17.6 Å². The lowest BCUT2D eigenvalue weighted by molar-refractivity contribution is 0.184. The van der Waals surface area contributed by atoms with Crippen molar-refractivity contribution < 1.29 is 8.78 Å². The predicted octanol–water partition coefficient (Wildman–Crippen LogP) is 2.94. The molecule has 2 unspecified atom stereocenters. The van der Waals surface area contributed by atoms with Crippen LogP contribution in [0, 0.1) is 17.7 Å². The van der Waals surface area contributed by atoms with Gasteiger partial charge in [-0.15, -0.1) is 0 Å². The molecule has 0 fully saturated rings. The molecule has 2 atom stereocenters. The van der Waals surface area contributed by atoms with Gasteiger partial charge in [-0.2, -0.15) is 0 Å². The Morgan fingerprint density at radius 2 is 1.88 bits per heavy atom. The first-order valence-corrected chi connectivity index (χ1v) is 5.63. The van der Waals surface area contributed by atoms with E-state index in [9.17, 15) is 8.78 Å². The second kappa shape index (κ2) is 5.94. The molecule has 16 heavy (non-hydrogen) atoms. The van der Waals surface area contributed by atoms with Gasteiger partial charge in [0.15, 0.2) is 0 Å². The lowest BCUT2D eigenvalue weighted by Crippen LogP contribution is -2.30. The van der Waals surface area contributed by atoms with Crippen LogP contribution in [0.4, 0.5) is 8.78 Å². The van der Waals surface area contributed by atoms with Crippen LogP contribution in [0.15, 0.2) is 24.3 Å². The molecule has 0 bridgehead atoms. The molecule has 90 valence electrons. The second-order valence-corrected chi connectivity index (χ2v) is 4.46. The quantitative estimate of drug-likeness (QED) is 0.822. The maximum atomic E-state index is 13.9. The zero-order chi connectivity index (χ0) is 12.1. The average molecular weight is 227 g/mol. The van der Waals surface area contributed by atoms with Crippen LogP contribution in [0.1, 0.15) is 19.4 Å². The molecular formula is C13H19F2N. The summed E-state index contributed by atoms with van der Waals surface area (Å²) in [5.41, 5.74) is 5.96. The minimum absolute atomic E-state index is 0.104. The van der Waals surface area contributed by atoms with Crippen molar-refractivity contribution in [1.82, 2.24) is 0 Å². The molecule has 1 aromatic carbocycles. The van der Waals surface area contributed by atoms with Gasteiger partial charge in [-0.3, -0.25) is 0 Å². The van der Waals surface area contributed by atoms with Crippen LogP contribution in [0.3, 0.4) is 0 Å². The summed E-state index contributed by atoms with van der Waals surface area (Å²) in [5, 5.41) is 0. The largest absolute Gasteiger partial charge is 0.330 e. The smallest absolute Gasteiger partial charge is 0.126 e. The molecular weight excluding hydrogens is 208 g/mol. The summed E-state index contributed by atoms with van der Waals surface area (Å²) in [6, 6.07) is 6.30. The Balaban J connectivity index is 2.70. The highest BCUT2D eigenvalue weighted by Crippen LogP contribution is 2.21. The molecule has 1 nitrogen and oxygen atoms in total. The molecule has 0 heterocycles. The Morgan fingerprint density at radius 3 is 2.38 bits per heavy atom. The van der Waals surface area contributed by atoms with Crippen molar-refractivity contribution in [3.8, 4) is 0 Å². The molecule has 3 heteroatoms. The molecule has 0 saturated carbocycles. The first-order valence-electron chi connectivity index (χ1n) is 5.63. The zero-order valence-corrected chi connectivity index (χ0v) is 9.79. The molecule has 1 aromatic rings. The van der Waals surface area contributed by atoms with E-state index in [4.69, 9.17) is 5.73 Å². The van der Waals surface area contributed by atoms with Gasteiger partial charge >= 0.3 is 0 Å². The summed E-state index contributed by atoms with van der Waals surface area (Å²) in [4.78, 5) is 0. The fraction of sp³-hybridized carbons (Fsp3) is 0.538. The monoisotopic (exact) mass is 227 g/mol. The second-order valence-electron chi connectivity index (χ2n) is 4.46. The Bertz CT molecular complexity index is 325. The molecule has 0 saturated heterocycles. The summed E-state index contributed by atoms with van der Waals surface area (Å²) in [7, 11) is 0. The summed E-state index contributed by atoms with van der Waals surface area (Å²) in [6.45, 7) is 4.17. The number of rotatable bonds is 5. The predicted molar refractivity (Wildman–Crippen MR) is 62.4 cm³/mol. The first kappa shape index (κ1) is 13.1. The van der Waals surface area contributed by atoms with Crippen LogP contribution >= 0.6 is 0 Å². The third kappa shape index (κ3) is 3.27. The van der Waals surface area contributed by atoms with E-state index in [1.807, 2.05) is 13.8 Å². The number of hydrogen-bond acceptors (Lipinski definition) is 1. The third-order valence-corrected chi connectivity index (χ3v) is 2.97. The Morgan fingerprint density at radius 1 is 1.25 bits per heavy atom. The SMILES string of the molecule is CC(C)C(CN)C(F)Cc1ccccc1F. The summed E-state index contributed by atoms with van der Waals surface area (Å²) < 4.78 is 27.3. The fourth-order valence-corrected chi connectivity index (χ4v) is 1.86. The fourth-order valence-electron chi connectivity index (χ4n) is 1.86. The van der Waals surface area contributed by atoms with Gasteiger partial charge in [-0.1, -0.05) is 32.0 Å². The van der Waals surface area contributed by atoms with Gasteiger partial charge in [0.2, 0.25) is 0 Å². The van der Waals surface area contributed by atoms with E-state index < -0.39 is 6.17 Å². The van der Waals surface area contributed by atoms with Crippen molar-refractivity contribution in [1.29, 1.82) is 0 Å². The molecule has 0 amide bonds. The molecule has 0 radical (unpaired) electrons. The van der Waals surface area contributed by atoms with Crippen molar-refractivity contribution in [2.75, 3.05) is 6.54 Å². The van der Waals surface area contributed by atoms with Crippen molar-refractivity contribution in [2.45, 2.75) is 26.4 Å². The topological polar surface area (TPSA) is 26.0 Å². The van der Waals surface area contributed by atoms with Gasteiger partial charge in [0.25, 0.3) is 0 Å². The third-order valence-electron chi connectivity index (χ3n) is 2.97. The van der Waals surface area contributed by atoms with Gasteiger partial charge in [0.1, 0.15) is 12.0 Å². The van der Waals surface area contributed by atoms with E-state index >= 15 is 0 Å². The minimum Gasteiger partial charge on any atom is -0.330 e. The van der Waals surface area contributed by atoms with Crippen LogP contribution in [-0.2, 0) is 6.42 Å². The molecule has 0 spiro atoms. The Hall–Kier alpha value is -0.960. The van der Waals surface area contributed by atoms with Crippen LogP contribution < -0.4 is 5.73 Å². The molecule has 0 aliphatic carbocycles. The van der Waals surface area contributed by atoms with Gasteiger partial charge in [0, 0.05) is 12.3 Å². The highest BCUT2D eigenvalue weighted by atomic mass is 19.1.